The summed E-state index contributed by atoms with van der Waals surface area (Å²) in [6, 6.07) is 4.86. The Morgan fingerprint density at radius 3 is 2.95 bits per heavy atom. The lowest BCUT2D eigenvalue weighted by molar-refractivity contribution is 0.0476. The third-order valence-corrected chi connectivity index (χ3v) is 3.13. The number of anilines is 1. The Labute approximate surface area is 115 Å². The van der Waals surface area contributed by atoms with Crippen LogP contribution in [-0.4, -0.2) is 17.6 Å². The predicted molar refractivity (Wildman–Crippen MR) is 73.3 cm³/mol. The van der Waals surface area contributed by atoms with Crippen LogP contribution in [0.3, 0.4) is 0 Å². The fourth-order valence-corrected chi connectivity index (χ4v) is 2.00. The fraction of sp³-hybridized carbons (Fsp3) is 0.231. The first kappa shape index (κ1) is 13.4. The Balaban J connectivity index is 2.01. The summed E-state index contributed by atoms with van der Waals surface area (Å²) < 4.78 is 10.5. The van der Waals surface area contributed by atoms with E-state index in [0.717, 1.165) is 4.88 Å². The Morgan fingerprint density at radius 1 is 1.47 bits per heavy atom. The van der Waals surface area contributed by atoms with Crippen LogP contribution >= 0.6 is 11.3 Å². The Hall–Kier alpha value is -2.08. The predicted octanol–water partition coefficient (Wildman–Crippen LogP) is 2.48. The normalized spacial score (nSPS) is 10.2. The highest BCUT2D eigenvalue weighted by Gasteiger charge is 2.10. The van der Waals surface area contributed by atoms with Gasteiger partial charge in [0.05, 0.1) is 28.2 Å². The maximum atomic E-state index is 11.8. The average Bonchev–Trinajstić information content (AvgIpc) is 2.91. The van der Waals surface area contributed by atoms with Gasteiger partial charge in [-0.15, -0.1) is 11.3 Å². The second-order valence-corrected chi connectivity index (χ2v) is 4.70. The molecule has 0 radical (unpaired) electrons. The molecule has 0 amide bonds. The van der Waals surface area contributed by atoms with E-state index in [9.17, 15) is 4.79 Å². The molecule has 2 aromatic rings. The highest BCUT2D eigenvalue weighted by Crippen LogP contribution is 2.23. The molecule has 0 aliphatic heterocycles. The smallest absolute Gasteiger partial charge is 0.338 e. The van der Waals surface area contributed by atoms with E-state index >= 15 is 0 Å². The summed E-state index contributed by atoms with van der Waals surface area (Å²) >= 11 is 1.44. The van der Waals surface area contributed by atoms with E-state index in [4.69, 9.17) is 15.2 Å². The molecule has 0 saturated carbocycles. The number of carbonyl (C=O) groups is 1. The van der Waals surface area contributed by atoms with E-state index in [1.54, 1.807) is 29.9 Å². The average molecular weight is 278 g/mol. The quantitative estimate of drug-likeness (QED) is 0.671. The SMILES string of the molecule is CCOc1ccc(C(=O)OCc2cncs2)cc1N. The molecular weight excluding hydrogens is 264 g/mol. The van der Waals surface area contributed by atoms with Gasteiger partial charge in [-0.3, -0.25) is 4.98 Å². The van der Waals surface area contributed by atoms with Gasteiger partial charge >= 0.3 is 5.97 Å². The van der Waals surface area contributed by atoms with E-state index in [-0.39, 0.29) is 6.61 Å². The van der Waals surface area contributed by atoms with Crippen molar-refractivity contribution in [2.75, 3.05) is 12.3 Å². The molecule has 0 atom stereocenters. The number of nitrogens with zero attached hydrogens (tertiary/aromatic N) is 1. The van der Waals surface area contributed by atoms with E-state index in [1.165, 1.54) is 11.3 Å². The van der Waals surface area contributed by atoms with Crippen molar-refractivity contribution in [2.45, 2.75) is 13.5 Å². The van der Waals surface area contributed by atoms with Crippen LogP contribution in [0.15, 0.2) is 29.9 Å². The number of nitrogen functional groups attached to an aromatic ring is 1. The minimum Gasteiger partial charge on any atom is -0.492 e. The molecule has 0 unspecified atom stereocenters. The molecule has 19 heavy (non-hydrogen) atoms. The molecule has 1 aromatic carbocycles. The maximum absolute atomic E-state index is 11.8. The number of nitrogens with two attached hydrogens (primary N) is 1. The zero-order chi connectivity index (χ0) is 13.7. The molecule has 0 aliphatic rings. The van der Waals surface area contributed by atoms with Crippen molar-refractivity contribution in [2.24, 2.45) is 0 Å². The topological polar surface area (TPSA) is 74.4 Å². The molecule has 0 aliphatic carbocycles. The molecular formula is C13H14N2O3S. The summed E-state index contributed by atoms with van der Waals surface area (Å²) in [5.41, 5.74) is 8.32. The number of benzene rings is 1. The van der Waals surface area contributed by atoms with Crippen LogP contribution in [0.2, 0.25) is 0 Å². The number of carbonyl (C=O) groups excluding carboxylic acids is 1. The standard InChI is InChI=1S/C13H14N2O3S/c1-2-17-12-4-3-9(5-11(12)14)13(16)18-7-10-6-15-8-19-10/h3-6,8H,2,7,14H2,1H3. The van der Waals surface area contributed by atoms with Gasteiger partial charge in [-0.25, -0.2) is 4.79 Å². The lowest BCUT2D eigenvalue weighted by Gasteiger charge is -2.08. The number of esters is 1. The summed E-state index contributed by atoms with van der Waals surface area (Å²) in [7, 11) is 0. The monoisotopic (exact) mass is 278 g/mol. The Morgan fingerprint density at radius 2 is 2.32 bits per heavy atom. The number of hydrogen-bond acceptors (Lipinski definition) is 6. The van der Waals surface area contributed by atoms with Gasteiger partial charge in [0, 0.05) is 6.20 Å². The minimum absolute atomic E-state index is 0.219. The molecule has 0 spiro atoms. The van der Waals surface area contributed by atoms with Gasteiger partial charge in [-0.1, -0.05) is 0 Å². The molecule has 2 N–H and O–H groups in total. The highest BCUT2D eigenvalue weighted by atomic mass is 32.1. The van der Waals surface area contributed by atoms with Crippen LogP contribution in [-0.2, 0) is 11.3 Å². The van der Waals surface area contributed by atoms with E-state index in [1.807, 2.05) is 6.92 Å². The first-order valence-electron chi connectivity index (χ1n) is 5.77. The Bertz CT molecular complexity index is 555. The van der Waals surface area contributed by atoms with Crippen LogP contribution in [0.4, 0.5) is 5.69 Å². The largest absolute Gasteiger partial charge is 0.492 e. The second kappa shape index (κ2) is 6.19. The molecule has 1 aromatic heterocycles. The molecule has 0 saturated heterocycles. The van der Waals surface area contributed by atoms with Gasteiger partial charge in [0.2, 0.25) is 0 Å². The van der Waals surface area contributed by atoms with Crippen molar-refractivity contribution in [3.8, 4) is 5.75 Å². The number of hydrogen-bond donors (Lipinski definition) is 1. The zero-order valence-corrected chi connectivity index (χ0v) is 11.3. The Kier molecular flexibility index (Phi) is 4.35. The number of ether oxygens (including phenoxy) is 2. The van der Waals surface area contributed by atoms with Crippen LogP contribution in [0, 0.1) is 0 Å². The van der Waals surface area contributed by atoms with Gasteiger partial charge < -0.3 is 15.2 Å². The summed E-state index contributed by atoms with van der Waals surface area (Å²) in [4.78, 5) is 16.6. The lowest BCUT2D eigenvalue weighted by atomic mass is 10.2. The molecule has 0 bridgehead atoms. The van der Waals surface area contributed by atoms with Crippen LogP contribution in [0.1, 0.15) is 22.2 Å². The number of aromatic nitrogens is 1. The third-order valence-electron chi connectivity index (χ3n) is 2.37. The van der Waals surface area contributed by atoms with Crippen LogP contribution in [0.5, 0.6) is 5.75 Å². The van der Waals surface area contributed by atoms with Crippen molar-refractivity contribution in [1.29, 1.82) is 0 Å². The van der Waals surface area contributed by atoms with Gasteiger partial charge in [0.1, 0.15) is 12.4 Å². The van der Waals surface area contributed by atoms with E-state index < -0.39 is 5.97 Å². The molecule has 2 rings (SSSR count). The van der Waals surface area contributed by atoms with Crippen molar-refractivity contribution in [3.63, 3.8) is 0 Å². The number of rotatable bonds is 5. The summed E-state index contributed by atoms with van der Waals surface area (Å²) in [5, 5.41) is 0. The van der Waals surface area contributed by atoms with E-state index in [0.29, 0.717) is 23.6 Å². The number of thiazole rings is 1. The highest BCUT2D eigenvalue weighted by molar-refractivity contribution is 7.09. The van der Waals surface area contributed by atoms with Crippen molar-refractivity contribution in [1.82, 2.24) is 4.98 Å². The maximum Gasteiger partial charge on any atom is 0.338 e. The van der Waals surface area contributed by atoms with Crippen LogP contribution in [0.25, 0.3) is 0 Å². The second-order valence-electron chi connectivity index (χ2n) is 3.73. The minimum atomic E-state index is -0.414. The van der Waals surface area contributed by atoms with Gasteiger partial charge in [-0.05, 0) is 25.1 Å². The molecule has 100 valence electrons. The molecule has 5 nitrogen and oxygen atoms in total. The fourth-order valence-electron chi connectivity index (χ4n) is 1.50. The lowest BCUT2D eigenvalue weighted by Crippen LogP contribution is -2.06. The summed E-state index contributed by atoms with van der Waals surface area (Å²) in [6.45, 7) is 2.62. The van der Waals surface area contributed by atoms with Gasteiger partial charge in [-0.2, -0.15) is 0 Å². The van der Waals surface area contributed by atoms with Crippen molar-refractivity contribution < 1.29 is 14.3 Å². The first-order valence-corrected chi connectivity index (χ1v) is 6.65. The van der Waals surface area contributed by atoms with Gasteiger partial charge in [0.15, 0.2) is 0 Å². The van der Waals surface area contributed by atoms with Crippen molar-refractivity contribution in [3.05, 3.63) is 40.3 Å². The van der Waals surface area contributed by atoms with Gasteiger partial charge in [0.25, 0.3) is 0 Å². The molecule has 1 heterocycles. The summed E-state index contributed by atoms with van der Waals surface area (Å²) in [6.07, 6.45) is 1.67. The molecule has 6 heteroatoms. The summed E-state index contributed by atoms with van der Waals surface area (Å²) in [5.74, 6) is 0.157. The third kappa shape index (κ3) is 3.45. The van der Waals surface area contributed by atoms with E-state index in [2.05, 4.69) is 4.98 Å². The van der Waals surface area contributed by atoms with Crippen molar-refractivity contribution >= 4 is 23.0 Å². The zero-order valence-electron chi connectivity index (χ0n) is 10.5. The van der Waals surface area contributed by atoms with Crippen LogP contribution < -0.4 is 10.5 Å². The first-order chi connectivity index (χ1) is 9.20. The molecule has 0 fully saturated rings.